The number of tetrazole rings is 1. The lowest BCUT2D eigenvalue weighted by atomic mass is 10.3. The number of thiophene rings is 1. The maximum atomic E-state index is 11.9. The smallest absolute Gasteiger partial charge is 0.261 e. The second-order valence-electron chi connectivity index (χ2n) is 3.58. The lowest BCUT2D eigenvalue weighted by molar-refractivity contribution is 0.0942. The number of amides is 1. The van der Waals surface area contributed by atoms with Crippen LogP contribution in [0.2, 0.25) is 0 Å². The zero-order valence-electron chi connectivity index (χ0n) is 9.60. The predicted molar refractivity (Wildman–Crippen MR) is 63.8 cm³/mol. The van der Waals surface area contributed by atoms with Crippen LogP contribution in [0, 0.1) is 0 Å². The first kappa shape index (κ1) is 11.7. The number of nitrogens with zero attached hydrogens (tertiary/aromatic N) is 3. The minimum Gasteiger partial charge on any atom is -0.341 e. The quantitative estimate of drug-likeness (QED) is 0.858. The molecule has 0 fully saturated rings. The van der Waals surface area contributed by atoms with Gasteiger partial charge in [-0.05, 0) is 25.5 Å². The number of carbonyl (C=O) groups excluding carboxylic acids is 1. The van der Waals surface area contributed by atoms with E-state index in [-0.39, 0.29) is 11.9 Å². The number of carbonyl (C=O) groups is 1. The molecule has 2 N–H and O–H groups in total. The molecule has 6 nitrogen and oxygen atoms in total. The second kappa shape index (κ2) is 5.05. The molecule has 2 heterocycles. The van der Waals surface area contributed by atoms with Gasteiger partial charge in [0.25, 0.3) is 5.91 Å². The third-order valence-electron chi connectivity index (χ3n) is 2.33. The van der Waals surface area contributed by atoms with Crippen molar-refractivity contribution < 1.29 is 4.79 Å². The van der Waals surface area contributed by atoms with Gasteiger partial charge in [-0.2, -0.15) is 5.21 Å². The van der Waals surface area contributed by atoms with E-state index < -0.39 is 0 Å². The summed E-state index contributed by atoms with van der Waals surface area (Å²) in [7, 11) is 0. The minimum atomic E-state index is -0.256. The first-order valence-electron chi connectivity index (χ1n) is 5.33. The van der Waals surface area contributed by atoms with E-state index in [2.05, 4.69) is 32.9 Å². The summed E-state index contributed by atoms with van der Waals surface area (Å²) in [4.78, 5) is 13.8. The van der Waals surface area contributed by atoms with Crippen molar-refractivity contribution in [3.63, 3.8) is 0 Å². The number of rotatable bonds is 4. The molecule has 2 rings (SSSR count). The average molecular weight is 251 g/mol. The Kier molecular flexibility index (Phi) is 3.48. The van der Waals surface area contributed by atoms with Crippen LogP contribution in [0.5, 0.6) is 0 Å². The summed E-state index contributed by atoms with van der Waals surface area (Å²) >= 11 is 1.50. The molecule has 0 saturated carbocycles. The molecule has 0 aliphatic rings. The molecule has 0 bridgehead atoms. The van der Waals surface area contributed by atoms with Gasteiger partial charge < -0.3 is 5.32 Å². The zero-order chi connectivity index (χ0) is 12.3. The van der Waals surface area contributed by atoms with Crippen LogP contribution in [-0.4, -0.2) is 26.5 Å². The van der Waals surface area contributed by atoms with E-state index in [1.54, 1.807) is 0 Å². The minimum absolute atomic E-state index is 0.105. The van der Waals surface area contributed by atoms with Crippen molar-refractivity contribution in [2.45, 2.75) is 26.3 Å². The van der Waals surface area contributed by atoms with Crippen molar-refractivity contribution in [3.05, 3.63) is 27.7 Å². The molecule has 0 spiro atoms. The van der Waals surface area contributed by atoms with Crippen molar-refractivity contribution >= 4 is 17.2 Å². The van der Waals surface area contributed by atoms with Gasteiger partial charge in [-0.1, -0.05) is 12.1 Å². The summed E-state index contributed by atoms with van der Waals surface area (Å²) in [6.45, 7) is 3.88. The van der Waals surface area contributed by atoms with E-state index in [9.17, 15) is 4.79 Å². The summed E-state index contributed by atoms with van der Waals surface area (Å²) in [5.74, 6) is 0.373. The van der Waals surface area contributed by atoms with E-state index in [1.807, 2.05) is 19.1 Å². The summed E-state index contributed by atoms with van der Waals surface area (Å²) in [6, 6.07) is 3.55. The van der Waals surface area contributed by atoms with Crippen LogP contribution in [0.1, 0.15) is 40.3 Å². The fraction of sp³-hybridized carbons (Fsp3) is 0.400. The van der Waals surface area contributed by atoms with Crippen LogP contribution in [-0.2, 0) is 6.42 Å². The first-order valence-corrected chi connectivity index (χ1v) is 6.15. The van der Waals surface area contributed by atoms with Crippen LogP contribution in [0.25, 0.3) is 0 Å². The molecule has 0 saturated heterocycles. The van der Waals surface area contributed by atoms with E-state index in [1.165, 1.54) is 16.2 Å². The third kappa shape index (κ3) is 2.68. The highest BCUT2D eigenvalue weighted by Gasteiger charge is 2.15. The monoisotopic (exact) mass is 251 g/mol. The Labute approximate surface area is 102 Å². The van der Waals surface area contributed by atoms with E-state index in [0.717, 1.165) is 6.42 Å². The predicted octanol–water partition coefficient (Wildman–Crippen LogP) is 1.31. The topological polar surface area (TPSA) is 83.6 Å². The Balaban J connectivity index is 2.01. The molecule has 2 aromatic heterocycles. The van der Waals surface area contributed by atoms with Gasteiger partial charge in [0.05, 0.1) is 10.9 Å². The lowest BCUT2D eigenvalue weighted by Crippen LogP contribution is -2.26. The summed E-state index contributed by atoms with van der Waals surface area (Å²) in [5, 5.41) is 16.3. The standard InChI is InChI=1S/C10H13N5OS/c1-3-7-4-5-8(17-7)10(16)11-6(2)9-12-14-15-13-9/h4-6H,3H2,1-2H3,(H,11,16)(H,12,13,14,15). The maximum absolute atomic E-state index is 11.9. The lowest BCUT2D eigenvalue weighted by Gasteiger charge is -2.08. The number of hydrogen-bond donors (Lipinski definition) is 2. The van der Waals surface area contributed by atoms with Gasteiger partial charge in [0, 0.05) is 4.88 Å². The van der Waals surface area contributed by atoms with Crippen LogP contribution in [0.15, 0.2) is 12.1 Å². The Morgan fingerprint density at radius 3 is 3.00 bits per heavy atom. The second-order valence-corrected chi connectivity index (χ2v) is 4.75. The summed E-state index contributed by atoms with van der Waals surface area (Å²) in [6.07, 6.45) is 0.943. The number of H-pyrrole nitrogens is 1. The molecule has 17 heavy (non-hydrogen) atoms. The molecule has 1 unspecified atom stereocenters. The van der Waals surface area contributed by atoms with Crippen LogP contribution >= 0.6 is 11.3 Å². The van der Waals surface area contributed by atoms with Crippen molar-refractivity contribution in [3.8, 4) is 0 Å². The zero-order valence-corrected chi connectivity index (χ0v) is 10.4. The molecule has 90 valence electrons. The maximum Gasteiger partial charge on any atom is 0.261 e. The molecule has 7 heteroatoms. The van der Waals surface area contributed by atoms with Crippen LogP contribution in [0.4, 0.5) is 0 Å². The van der Waals surface area contributed by atoms with Gasteiger partial charge in [-0.15, -0.1) is 21.5 Å². The highest BCUT2D eigenvalue weighted by molar-refractivity contribution is 7.14. The van der Waals surface area contributed by atoms with Gasteiger partial charge >= 0.3 is 0 Å². The SMILES string of the molecule is CCc1ccc(C(=O)NC(C)c2nn[nH]n2)s1. The number of aromatic nitrogens is 4. The first-order chi connectivity index (χ1) is 8.20. The normalized spacial score (nSPS) is 12.4. The molecular formula is C10H13N5OS. The summed E-state index contributed by atoms with van der Waals surface area (Å²) in [5.41, 5.74) is 0. The highest BCUT2D eigenvalue weighted by Crippen LogP contribution is 2.17. The Hall–Kier alpha value is -1.76. The number of aryl methyl sites for hydroxylation is 1. The van der Waals surface area contributed by atoms with E-state index >= 15 is 0 Å². The molecule has 0 aliphatic carbocycles. The number of hydrogen-bond acceptors (Lipinski definition) is 5. The number of nitrogens with one attached hydrogen (secondary N) is 2. The van der Waals surface area contributed by atoms with Gasteiger partial charge in [0.1, 0.15) is 0 Å². The van der Waals surface area contributed by atoms with Crippen molar-refractivity contribution in [2.24, 2.45) is 0 Å². The fourth-order valence-electron chi connectivity index (χ4n) is 1.38. The molecule has 0 aliphatic heterocycles. The van der Waals surface area contributed by atoms with Crippen LogP contribution in [0.3, 0.4) is 0 Å². The largest absolute Gasteiger partial charge is 0.341 e. The average Bonchev–Trinajstić information content (AvgIpc) is 3.00. The molecule has 2 aromatic rings. The molecule has 0 radical (unpaired) electrons. The van der Waals surface area contributed by atoms with Gasteiger partial charge in [0.2, 0.25) is 0 Å². The van der Waals surface area contributed by atoms with Gasteiger partial charge in [-0.3, -0.25) is 4.79 Å². The highest BCUT2D eigenvalue weighted by atomic mass is 32.1. The molecular weight excluding hydrogens is 238 g/mol. The fourth-order valence-corrected chi connectivity index (χ4v) is 2.23. The Morgan fingerprint density at radius 1 is 1.59 bits per heavy atom. The van der Waals surface area contributed by atoms with Gasteiger partial charge in [0.15, 0.2) is 5.82 Å². The van der Waals surface area contributed by atoms with Crippen molar-refractivity contribution in [1.29, 1.82) is 0 Å². The van der Waals surface area contributed by atoms with E-state index in [4.69, 9.17) is 0 Å². The Morgan fingerprint density at radius 2 is 2.41 bits per heavy atom. The van der Waals surface area contributed by atoms with Crippen LogP contribution < -0.4 is 5.32 Å². The third-order valence-corrected chi connectivity index (χ3v) is 3.56. The Bertz CT molecular complexity index is 493. The molecule has 0 aromatic carbocycles. The van der Waals surface area contributed by atoms with Gasteiger partial charge in [-0.25, -0.2) is 0 Å². The molecule has 1 amide bonds. The van der Waals surface area contributed by atoms with Crippen molar-refractivity contribution in [1.82, 2.24) is 25.9 Å². The van der Waals surface area contributed by atoms with Crippen molar-refractivity contribution in [2.75, 3.05) is 0 Å². The number of aromatic amines is 1. The van der Waals surface area contributed by atoms with E-state index in [0.29, 0.717) is 10.7 Å². The summed E-state index contributed by atoms with van der Waals surface area (Å²) < 4.78 is 0. The molecule has 1 atom stereocenters.